The van der Waals surface area contributed by atoms with Crippen molar-refractivity contribution in [2.24, 2.45) is 5.16 Å². The number of carbonyl (C=O) groups is 1. The molecule has 0 unspecified atom stereocenters. The van der Waals surface area contributed by atoms with Crippen molar-refractivity contribution in [3.05, 3.63) is 29.8 Å². The van der Waals surface area contributed by atoms with Crippen LogP contribution in [-0.4, -0.2) is 30.6 Å². The molecule has 1 rings (SSSR count). The first-order chi connectivity index (χ1) is 9.21. The molecule has 5 heteroatoms. The van der Waals surface area contributed by atoms with E-state index in [-0.39, 0.29) is 12.3 Å². The van der Waals surface area contributed by atoms with Gasteiger partial charge >= 0.3 is 5.97 Å². The van der Waals surface area contributed by atoms with Crippen LogP contribution in [0.1, 0.15) is 25.3 Å². The Bertz CT molecular complexity index is 426. The molecule has 5 nitrogen and oxygen atoms in total. The quantitative estimate of drug-likeness (QED) is 0.356. The SMILES string of the molecule is CCOC(=O)/C(CCCc1ccc(OC)cc1)=N/O. The van der Waals surface area contributed by atoms with E-state index in [1.54, 1.807) is 14.0 Å². The Morgan fingerprint density at radius 1 is 1.32 bits per heavy atom. The molecule has 0 spiro atoms. The topological polar surface area (TPSA) is 68.1 Å². The van der Waals surface area contributed by atoms with Gasteiger partial charge in [0.15, 0.2) is 5.71 Å². The summed E-state index contributed by atoms with van der Waals surface area (Å²) < 4.78 is 9.86. The van der Waals surface area contributed by atoms with Gasteiger partial charge in [0.05, 0.1) is 13.7 Å². The van der Waals surface area contributed by atoms with Crippen LogP contribution >= 0.6 is 0 Å². The van der Waals surface area contributed by atoms with Gasteiger partial charge in [-0.3, -0.25) is 0 Å². The summed E-state index contributed by atoms with van der Waals surface area (Å²) in [6.45, 7) is 1.99. The number of esters is 1. The molecule has 0 radical (unpaired) electrons. The molecule has 0 saturated heterocycles. The molecule has 0 aliphatic heterocycles. The number of rotatable bonds is 7. The lowest BCUT2D eigenvalue weighted by atomic mass is 10.1. The van der Waals surface area contributed by atoms with Gasteiger partial charge < -0.3 is 14.7 Å². The number of carbonyl (C=O) groups excluding carboxylic acids is 1. The fourth-order valence-electron chi connectivity index (χ4n) is 1.66. The number of nitrogens with zero attached hydrogens (tertiary/aromatic N) is 1. The van der Waals surface area contributed by atoms with Crippen molar-refractivity contribution < 1.29 is 19.5 Å². The maximum absolute atomic E-state index is 11.4. The van der Waals surface area contributed by atoms with Crippen molar-refractivity contribution >= 4 is 11.7 Å². The highest BCUT2D eigenvalue weighted by Crippen LogP contribution is 2.13. The fraction of sp³-hybridized carbons (Fsp3) is 0.429. The summed E-state index contributed by atoms with van der Waals surface area (Å²) in [5.41, 5.74) is 1.21. The van der Waals surface area contributed by atoms with Crippen molar-refractivity contribution in [3.63, 3.8) is 0 Å². The number of oxime groups is 1. The summed E-state index contributed by atoms with van der Waals surface area (Å²) in [6.07, 6.45) is 1.90. The molecular formula is C14H19NO4. The lowest BCUT2D eigenvalue weighted by Crippen LogP contribution is -2.17. The fourth-order valence-corrected chi connectivity index (χ4v) is 1.66. The Labute approximate surface area is 112 Å². The van der Waals surface area contributed by atoms with Gasteiger partial charge in [-0.25, -0.2) is 4.79 Å². The summed E-state index contributed by atoms with van der Waals surface area (Å²) in [7, 11) is 1.62. The van der Waals surface area contributed by atoms with E-state index in [2.05, 4.69) is 5.16 Å². The molecule has 0 saturated carbocycles. The molecule has 1 aromatic rings. The van der Waals surface area contributed by atoms with Crippen LogP contribution in [0.5, 0.6) is 5.75 Å². The van der Waals surface area contributed by atoms with Crippen LogP contribution in [0.2, 0.25) is 0 Å². The second-order valence-corrected chi connectivity index (χ2v) is 3.97. The molecule has 0 aliphatic rings. The highest BCUT2D eigenvalue weighted by molar-refractivity contribution is 6.36. The smallest absolute Gasteiger partial charge is 0.356 e. The van der Waals surface area contributed by atoms with Crippen LogP contribution in [0.25, 0.3) is 0 Å². The normalized spacial score (nSPS) is 11.2. The van der Waals surface area contributed by atoms with Gasteiger partial charge in [0.2, 0.25) is 0 Å². The predicted molar refractivity (Wildman–Crippen MR) is 71.8 cm³/mol. The predicted octanol–water partition coefficient (Wildman–Crippen LogP) is 2.41. The van der Waals surface area contributed by atoms with Gasteiger partial charge in [-0.15, -0.1) is 0 Å². The lowest BCUT2D eigenvalue weighted by Gasteiger charge is -2.05. The zero-order valence-electron chi connectivity index (χ0n) is 11.3. The number of hydrogen-bond donors (Lipinski definition) is 1. The summed E-state index contributed by atoms with van der Waals surface area (Å²) in [6, 6.07) is 7.72. The molecular weight excluding hydrogens is 246 g/mol. The third-order valence-corrected chi connectivity index (χ3v) is 2.67. The first-order valence-electron chi connectivity index (χ1n) is 6.22. The molecule has 0 aromatic heterocycles. The van der Waals surface area contributed by atoms with Crippen LogP contribution in [-0.2, 0) is 16.0 Å². The van der Waals surface area contributed by atoms with Gasteiger partial charge in [-0.2, -0.15) is 0 Å². The minimum Gasteiger partial charge on any atom is -0.497 e. The number of ether oxygens (including phenoxy) is 2. The van der Waals surface area contributed by atoms with Gasteiger partial charge in [-0.05, 0) is 37.5 Å². The highest BCUT2D eigenvalue weighted by Gasteiger charge is 2.12. The van der Waals surface area contributed by atoms with Crippen molar-refractivity contribution in [2.45, 2.75) is 26.2 Å². The lowest BCUT2D eigenvalue weighted by molar-refractivity contribution is -0.135. The van der Waals surface area contributed by atoms with Crippen LogP contribution in [0.15, 0.2) is 29.4 Å². The Balaban J connectivity index is 2.41. The van der Waals surface area contributed by atoms with Crippen LogP contribution in [0.4, 0.5) is 0 Å². The minimum atomic E-state index is -0.556. The molecule has 1 aromatic carbocycles. The number of methoxy groups -OCH3 is 1. The van der Waals surface area contributed by atoms with Gasteiger partial charge in [0.25, 0.3) is 0 Å². The van der Waals surface area contributed by atoms with E-state index >= 15 is 0 Å². The molecule has 0 heterocycles. The first kappa shape index (κ1) is 15.0. The summed E-state index contributed by atoms with van der Waals surface area (Å²) in [5.74, 6) is 0.257. The average Bonchev–Trinajstić information content (AvgIpc) is 2.44. The summed E-state index contributed by atoms with van der Waals surface area (Å²) >= 11 is 0. The average molecular weight is 265 g/mol. The summed E-state index contributed by atoms with van der Waals surface area (Å²) in [4.78, 5) is 11.4. The molecule has 0 atom stereocenters. The maximum Gasteiger partial charge on any atom is 0.356 e. The van der Waals surface area contributed by atoms with Gasteiger partial charge in [0.1, 0.15) is 5.75 Å². The third kappa shape index (κ3) is 4.99. The molecule has 0 bridgehead atoms. The zero-order valence-corrected chi connectivity index (χ0v) is 11.3. The molecule has 19 heavy (non-hydrogen) atoms. The van der Waals surface area contributed by atoms with E-state index in [0.29, 0.717) is 12.8 Å². The van der Waals surface area contributed by atoms with Crippen molar-refractivity contribution in [1.29, 1.82) is 0 Å². The standard InChI is InChI=1S/C14H19NO4/c1-3-19-14(16)13(15-17)6-4-5-11-7-9-12(18-2)10-8-11/h7-10,17H,3-6H2,1-2H3/b15-13+. The van der Waals surface area contributed by atoms with Gasteiger partial charge in [-0.1, -0.05) is 17.3 Å². The second-order valence-electron chi connectivity index (χ2n) is 3.97. The third-order valence-electron chi connectivity index (χ3n) is 2.67. The Kier molecular flexibility index (Phi) is 6.43. The van der Waals surface area contributed by atoms with E-state index in [0.717, 1.165) is 17.7 Å². The van der Waals surface area contributed by atoms with E-state index in [9.17, 15) is 4.79 Å². The number of benzene rings is 1. The Morgan fingerprint density at radius 2 is 2.00 bits per heavy atom. The molecule has 104 valence electrons. The Morgan fingerprint density at radius 3 is 2.53 bits per heavy atom. The number of hydrogen-bond acceptors (Lipinski definition) is 5. The van der Waals surface area contributed by atoms with Gasteiger partial charge in [0, 0.05) is 6.42 Å². The first-order valence-corrected chi connectivity index (χ1v) is 6.22. The van der Waals surface area contributed by atoms with Crippen molar-refractivity contribution in [2.75, 3.05) is 13.7 Å². The maximum atomic E-state index is 11.4. The van der Waals surface area contributed by atoms with E-state index in [1.807, 2.05) is 24.3 Å². The van der Waals surface area contributed by atoms with E-state index < -0.39 is 5.97 Å². The van der Waals surface area contributed by atoms with E-state index in [4.69, 9.17) is 14.7 Å². The van der Waals surface area contributed by atoms with Crippen molar-refractivity contribution in [1.82, 2.24) is 0 Å². The summed E-state index contributed by atoms with van der Waals surface area (Å²) in [5, 5.41) is 11.7. The second kappa shape index (κ2) is 8.13. The zero-order chi connectivity index (χ0) is 14.1. The molecule has 0 aliphatic carbocycles. The minimum absolute atomic E-state index is 0.0651. The van der Waals surface area contributed by atoms with E-state index in [1.165, 1.54) is 0 Å². The van der Waals surface area contributed by atoms with Crippen LogP contribution in [0, 0.1) is 0 Å². The molecule has 0 amide bonds. The van der Waals surface area contributed by atoms with Crippen LogP contribution < -0.4 is 4.74 Å². The number of aryl methyl sites for hydroxylation is 1. The molecule has 1 N–H and O–H groups in total. The highest BCUT2D eigenvalue weighted by atomic mass is 16.5. The monoisotopic (exact) mass is 265 g/mol. The Hall–Kier alpha value is -2.04. The van der Waals surface area contributed by atoms with Crippen LogP contribution in [0.3, 0.4) is 0 Å². The largest absolute Gasteiger partial charge is 0.497 e. The van der Waals surface area contributed by atoms with Crippen molar-refractivity contribution in [3.8, 4) is 5.75 Å². The molecule has 0 fully saturated rings.